The maximum Gasteiger partial charge on any atom is 0.266 e. The van der Waals surface area contributed by atoms with E-state index in [0.717, 1.165) is 24.3 Å². The van der Waals surface area contributed by atoms with E-state index < -0.39 is 10.0 Å². The zero-order valence-corrected chi connectivity index (χ0v) is 15.2. The summed E-state index contributed by atoms with van der Waals surface area (Å²) in [5.41, 5.74) is 1.79. The molecule has 1 heterocycles. The van der Waals surface area contributed by atoms with E-state index in [9.17, 15) is 8.42 Å². The predicted molar refractivity (Wildman–Crippen MR) is 96.3 cm³/mol. The minimum atomic E-state index is -3.77. The molecule has 0 aliphatic carbocycles. The Bertz CT molecular complexity index is 785. The minimum absolute atomic E-state index is 0.0969. The first kappa shape index (κ1) is 18.1. The van der Waals surface area contributed by atoms with Crippen molar-refractivity contribution >= 4 is 21.5 Å². The lowest BCUT2D eigenvalue weighted by molar-refractivity contribution is 0.402. The number of aryl methyl sites for hydroxylation is 1. The Hall–Kier alpha value is -2.28. The number of nitrogens with one attached hydrogen (secondary N) is 1. The Morgan fingerprint density at radius 1 is 1.17 bits per heavy atom. The van der Waals surface area contributed by atoms with Gasteiger partial charge in [0.15, 0.2) is 0 Å². The summed E-state index contributed by atoms with van der Waals surface area (Å²) in [6, 6.07) is 8.53. The van der Waals surface area contributed by atoms with Crippen LogP contribution < -0.4 is 14.4 Å². The van der Waals surface area contributed by atoms with Gasteiger partial charge in [-0.25, -0.2) is 13.4 Å². The number of pyridine rings is 1. The Morgan fingerprint density at radius 2 is 1.88 bits per heavy atom. The van der Waals surface area contributed by atoms with Crippen LogP contribution in [-0.4, -0.2) is 33.6 Å². The summed E-state index contributed by atoms with van der Waals surface area (Å²) in [5, 5.41) is 0. The number of nitrogens with zero attached hydrogens (tertiary/aromatic N) is 2. The molecule has 0 saturated heterocycles. The molecular weight excluding hydrogens is 326 g/mol. The maximum atomic E-state index is 12.6. The van der Waals surface area contributed by atoms with Crippen LogP contribution in [0.4, 0.5) is 11.5 Å². The van der Waals surface area contributed by atoms with Crippen molar-refractivity contribution in [2.45, 2.75) is 25.7 Å². The van der Waals surface area contributed by atoms with Crippen LogP contribution in [0, 0.1) is 6.92 Å². The number of anilines is 2. The molecule has 7 heteroatoms. The highest BCUT2D eigenvalue weighted by molar-refractivity contribution is 7.92. The molecule has 6 nitrogen and oxygen atoms in total. The summed E-state index contributed by atoms with van der Waals surface area (Å²) in [6.07, 6.45) is 1.67. The van der Waals surface area contributed by atoms with Crippen molar-refractivity contribution in [2.75, 3.05) is 29.8 Å². The van der Waals surface area contributed by atoms with Gasteiger partial charge in [-0.05, 0) is 50.6 Å². The molecule has 1 aromatic carbocycles. The van der Waals surface area contributed by atoms with Crippen LogP contribution in [0.5, 0.6) is 5.75 Å². The van der Waals surface area contributed by atoms with E-state index >= 15 is 0 Å². The van der Waals surface area contributed by atoms with Crippen LogP contribution in [0.1, 0.15) is 19.4 Å². The van der Waals surface area contributed by atoms with Gasteiger partial charge in [0, 0.05) is 13.1 Å². The number of methoxy groups -OCH3 is 1. The second-order valence-electron chi connectivity index (χ2n) is 5.33. The van der Waals surface area contributed by atoms with Crippen molar-refractivity contribution in [1.29, 1.82) is 0 Å². The number of aromatic nitrogens is 1. The third kappa shape index (κ3) is 3.97. The third-order valence-corrected chi connectivity index (χ3v) is 5.10. The Labute approximate surface area is 143 Å². The topological polar surface area (TPSA) is 71.5 Å². The fourth-order valence-corrected chi connectivity index (χ4v) is 3.67. The molecule has 0 amide bonds. The first-order chi connectivity index (χ1) is 11.4. The van der Waals surface area contributed by atoms with E-state index in [0.29, 0.717) is 5.75 Å². The van der Waals surface area contributed by atoms with Crippen molar-refractivity contribution in [3.63, 3.8) is 0 Å². The summed E-state index contributed by atoms with van der Waals surface area (Å²) in [4.78, 5) is 6.44. The first-order valence-corrected chi connectivity index (χ1v) is 9.28. The van der Waals surface area contributed by atoms with Gasteiger partial charge >= 0.3 is 0 Å². The van der Waals surface area contributed by atoms with E-state index in [1.165, 1.54) is 7.11 Å². The van der Waals surface area contributed by atoms with Gasteiger partial charge in [0.05, 0.1) is 19.0 Å². The normalized spacial score (nSPS) is 11.2. The lowest BCUT2D eigenvalue weighted by Gasteiger charge is -2.20. The quantitative estimate of drug-likeness (QED) is 0.832. The highest BCUT2D eigenvalue weighted by Crippen LogP contribution is 2.26. The average Bonchev–Trinajstić information content (AvgIpc) is 2.57. The zero-order valence-electron chi connectivity index (χ0n) is 14.4. The number of hydrogen-bond acceptors (Lipinski definition) is 5. The number of sulfonamides is 1. The minimum Gasteiger partial charge on any atom is -0.495 e. The van der Waals surface area contributed by atoms with Gasteiger partial charge in [0.1, 0.15) is 16.5 Å². The number of hydrogen-bond donors (Lipinski definition) is 1. The van der Waals surface area contributed by atoms with Crippen molar-refractivity contribution < 1.29 is 13.2 Å². The average molecular weight is 349 g/mol. The molecule has 130 valence electrons. The standard InChI is InChI=1S/C17H23N3O3S/c1-5-20(6-2)14-8-10-17(18-12-14)19-24(21,22)16-11-13(3)7-9-15(16)23-4/h7-12H,5-6H2,1-4H3,(H,18,19). The smallest absolute Gasteiger partial charge is 0.266 e. The second kappa shape index (κ2) is 7.53. The molecule has 2 aromatic rings. The molecule has 0 bridgehead atoms. The second-order valence-corrected chi connectivity index (χ2v) is 6.98. The first-order valence-electron chi connectivity index (χ1n) is 7.79. The molecule has 0 aliphatic heterocycles. The van der Waals surface area contributed by atoms with Crippen LogP contribution in [0.2, 0.25) is 0 Å². The van der Waals surface area contributed by atoms with Gasteiger partial charge in [-0.3, -0.25) is 4.72 Å². The highest BCUT2D eigenvalue weighted by Gasteiger charge is 2.20. The fourth-order valence-electron chi connectivity index (χ4n) is 2.41. The molecule has 2 rings (SSSR count). The number of rotatable bonds is 7. The van der Waals surface area contributed by atoms with E-state index in [2.05, 4.69) is 28.5 Å². The zero-order chi connectivity index (χ0) is 17.7. The molecule has 1 N–H and O–H groups in total. The maximum absolute atomic E-state index is 12.6. The van der Waals surface area contributed by atoms with Crippen LogP contribution in [0.15, 0.2) is 41.4 Å². The Morgan fingerprint density at radius 3 is 2.42 bits per heavy atom. The van der Waals surface area contributed by atoms with Crippen molar-refractivity contribution in [3.05, 3.63) is 42.1 Å². The number of ether oxygens (including phenoxy) is 1. The molecular formula is C17H23N3O3S. The third-order valence-electron chi connectivity index (χ3n) is 3.72. The lowest BCUT2D eigenvalue weighted by Crippen LogP contribution is -2.22. The van der Waals surface area contributed by atoms with Gasteiger partial charge in [0.25, 0.3) is 10.0 Å². The van der Waals surface area contributed by atoms with Crippen molar-refractivity contribution in [2.24, 2.45) is 0 Å². The van der Waals surface area contributed by atoms with Gasteiger partial charge in [-0.15, -0.1) is 0 Å². The molecule has 0 unspecified atom stereocenters. The largest absolute Gasteiger partial charge is 0.495 e. The van der Waals surface area contributed by atoms with Crippen LogP contribution >= 0.6 is 0 Å². The number of benzene rings is 1. The van der Waals surface area contributed by atoms with Gasteiger partial charge in [0.2, 0.25) is 0 Å². The molecule has 1 aromatic heterocycles. The highest BCUT2D eigenvalue weighted by atomic mass is 32.2. The molecule has 0 aliphatic rings. The Kier molecular flexibility index (Phi) is 5.66. The summed E-state index contributed by atoms with van der Waals surface area (Å²) < 4.78 is 32.9. The van der Waals surface area contributed by atoms with Crippen LogP contribution in [0.3, 0.4) is 0 Å². The van der Waals surface area contributed by atoms with E-state index in [-0.39, 0.29) is 10.7 Å². The summed E-state index contributed by atoms with van der Waals surface area (Å²) in [6.45, 7) is 7.68. The molecule has 0 spiro atoms. The molecule has 0 atom stereocenters. The van der Waals surface area contributed by atoms with Gasteiger partial charge in [-0.2, -0.15) is 0 Å². The predicted octanol–water partition coefficient (Wildman–Crippen LogP) is 3.05. The molecule has 0 radical (unpaired) electrons. The lowest BCUT2D eigenvalue weighted by atomic mass is 10.2. The molecule has 0 fully saturated rings. The van der Waals surface area contributed by atoms with Crippen LogP contribution in [-0.2, 0) is 10.0 Å². The monoisotopic (exact) mass is 349 g/mol. The fraction of sp³-hybridized carbons (Fsp3) is 0.353. The van der Waals surface area contributed by atoms with E-state index in [4.69, 9.17) is 4.74 Å². The van der Waals surface area contributed by atoms with E-state index in [1.807, 2.05) is 13.0 Å². The Balaban J connectivity index is 2.28. The van der Waals surface area contributed by atoms with Crippen molar-refractivity contribution in [1.82, 2.24) is 4.98 Å². The summed E-state index contributed by atoms with van der Waals surface area (Å²) in [5.74, 6) is 0.572. The SMILES string of the molecule is CCN(CC)c1ccc(NS(=O)(=O)c2cc(C)ccc2OC)nc1. The van der Waals surface area contributed by atoms with E-state index in [1.54, 1.807) is 30.5 Å². The van der Waals surface area contributed by atoms with Gasteiger partial charge < -0.3 is 9.64 Å². The van der Waals surface area contributed by atoms with Crippen LogP contribution in [0.25, 0.3) is 0 Å². The van der Waals surface area contributed by atoms with Gasteiger partial charge in [-0.1, -0.05) is 6.07 Å². The molecule has 0 saturated carbocycles. The summed E-state index contributed by atoms with van der Waals surface area (Å²) in [7, 11) is -2.33. The molecule has 24 heavy (non-hydrogen) atoms. The van der Waals surface area contributed by atoms with Crippen molar-refractivity contribution in [3.8, 4) is 5.75 Å². The summed E-state index contributed by atoms with van der Waals surface area (Å²) >= 11 is 0.